The van der Waals surface area contributed by atoms with Crippen LogP contribution in [0.15, 0.2) is 24.3 Å². The standard InChI is InChI=1S/C10H11NO3Si/c1-6-7-4-2-3-5-8(7)11(10(12)13)9(6)14-15/h2-5H,1,15H3,(H,12,13). The van der Waals surface area contributed by atoms with Gasteiger partial charge in [-0.05, 0) is 13.0 Å². The highest BCUT2D eigenvalue weighted by Gasteiger charge is 2.17. The van der Waals surface area contributed by atoms with Crippen molar-refractivity contribution in [2.24, 2.45) is 0 Å². The Bertz CT molecular complexity index is 533. The third kappa shape index (κ3) is 1.32. The van der Waals surface area contributed by atoms with Gasteiger partial charge in [-0.3, -0.25) is 0 Å². The summed E-state index contributed by atoms with van der Waals surface area (Å²) in [6.45, 7) is 1.87. The second-order valence-corrected chi connectivity index (χ2v) is 3.68. The summed E-state index contributed by atoms with van der Waals surface area (Å²) in [4.78, 5) is 11.1. The lowest BCUT2D eigenvalue weighted by Gasteiger charge is -2.04. The maximum atomic E-state index is 11.1. The Kier molecular flexibility index (Phi) is 2.24. The lowest BCUT2D eigenvalue weighted by Crippen LogP contribution is -2.09. The van der Waals surface area contributed by atoms with Crippen molar-refractivity contribution in [3.8, 4) is 5.88 Å². The van der Waals surface area contributed by atoms with Crippen molar-refractivity contribution in [1.29, 1.82) is 0 Å². The second kappa shape index (κ2) is 3.43. The summed E-state index contributed by atoms with van der Waals surface area (Å²) < 4.78 is 6.44. The summed E-state index contributed by atoms with van der Waals surface area (Å²) in [5.41, 5.74) is 1.55. The maximum absolute atomic E-state index is 11.1. The Morgan fingerprint density at radius 3 is 2.73 bits per heavy atom. The normalized spacial score (nSPS) is 10.7. The molecular weight excluding hydrogens is 210 g/mol. The quantitative estimate of drug-likeness (QED) is 0.735. The zero-order chi connectivity index (χ0) is 11.0. The third-order valence-electron chi connectivity index (χ3n) is 2.46. The number of carboxylic acid groups (broad SMARTS) is 1. The molecule has 1 N–H and O–H groups in total. The molecule has 0 fully saturated rings. The number of fused-ring (bicyclic) bond motifs is 1. The number of carbonyl (C=O) groups is 1. The van der Waals surface area contributed by atoms with E-state index in [4.69, 9.17) is 9.53 Å². The van der Waals surface area contributed by atoms with Crippen LogP contribution in [0.1, 0.15) is 5.56 Å². The van der Waals surface area contributed by atoms with E-state index in [1.54, 1.807) is 6.07 Å². The van der Waals surface area contributed by atoms with Gasteiger partial charge in [-0.25, -0.2) is 9.36 Å². The molecule has 0 saturated heterocycles. The number of aromatic nitrogens is 1. The second-order valence-electron chi connectivity index (χ2n) is 3.27. The van der Waals surface area contributed by atoms with Gasteiger partial charge in [0, 0.05) is 10.9 Å². The van der Waals surface area contributed by atoms with Crippen molar-refractivity contribution in [2.45, 2.75) is 6.92 Å². The molecule has 2 rings (SSSR count). The summed E-state index contributed by atoms with van der Waals surface area (Å²) in [5.74, 6) is 0.440. The van der Waals surface area contributed by atoms with Gasteiger partial charge in [-0.2, -0.15) is 0 Å². The van der Waals surface area contributed by atoms with Crippen molar-refractivity contribution in [3.63, 3.8) is 0 Å². The van der Waals surface area contributed by atoms with Crippen LogP contribution in [0, 0.1) is 6.92 Å². The summed E-state index contributed by atoms with van der Waals surface area (Å²) in [7, 11) is 0.474. The Labute approximate surface area is 89.6 Å². The maximum Gasteiger partial charge on any atom is 0.418 e. The first-order valence-electron chi connectivity index (χ1n) is 4.54. The molecule has 2 aromatic rings. The molecule has 0 aliphatic carbocycles. The molecule has 0 bridgehead atoms. The van der Waals surface area contributed by atoms with Gasteiger partial charge in [-0.15, -0.1) is 0 Å². The molecular formula is C10H11NO3Si. The van der Waals surface area contributed by atoms with E-state index in [1.165, 1.54) is 4.57 Å². The average Bonchev–Trinajstić information content (AvgIpc) is 2.52. The van der Waals surface area contributed by atoms with E-state index in [0.717, 1.165) is 10.9 Å². The van der Waals surface area contributed by atoms with Crippen LogP contribution in [0.5, 0.6) is 5.88 Å². The number of para-hydroxylation sites is 1. The first-order valence-corrected chi connectivity index (χ1v) is 5.35. The summed E-state index contributed by atoms with van der Waals surface area (Å²) in [6.07, 6.45) is -1.01. The lowest BCUT2D eigenvalue weighted by atomic mass is 10.2. The summed E-state index contributed by atoms with van der Waals surface area (Å²) in [5, 5.41) is 10.0. The fraction of sp³-hybridized carbons (Fsp3) is 0.100. The molecule has 5 heteroatoms. The number of rotatable bonds is 1. The zero-order valence-electron chi connectivity index (χ0n) is 8.52. The van der Waals surface area contributed by atoms with Gasteiger partial charge >= 0.3 is 6.09 Å². The highest BCUT2D eigenvalue weighted by molar-refractivity contribution is 6.02. The van der Waals surface area contributed by atoms with Crippen molar-refractivity contribution in [3.05, 3.63) is 29.8 Å². The molecule has 1 aromatic carbocycles. The SMILES string of the molecule is Cc1c(O[SiH3])n(C(=O)O)c2ccccc12. The summed E-state index contributed by atoms with van der Waals surface area (Å²) >= 11 is 0. The van der Waals surface area contributed by atoms with Crippen molar-refractivity contribution in [1.82, 2.24) is 4.57 Å². The predicted octanol–water partition coefficient (Wildman–Crippen LogP) is 1.14. The van der Waals surface area contributed by atoms with Gasteiger partial charge < -0.3 is 9.53 Å². The minimum absolute atomic E-state index is 0.440. The molecule has 0 amide bonds. The molecule has 15 heavy (non-hydrogen) atoms. The van der Waals surface area contributed by atoms with Gasteiger partial charge in [0.05, 0.1) is 5.52 Å². The monoisotopic (exact) mass is 221 g/mol. The minimum Gasteiger partial charge on any atom is -0.541 e. The predicted molar refractivity (Wildman–Crippen MR) is 60.7 cm³/mol. The molecule has 1 aromatic heterocycles. The van der Waals surface area contributed by atoms with E-state index in [9.17, 15) is 4.79 Å². The average molecular weight is 221 g/mol. The van der Waals surface area contributed by atoms with Gasteiger partial charge in [0.1, 0.15) is 0 Å². The molecule has 0 saturated carbocycles. The molecule has 78 valence electrons. The molecule has 0 aliphatic heterocycles. The van der Waals surface area contributed by atoms with Gasteiger partial charge in [-0.1, -0.05) is 18.2 Å². The smallest absolute Gasteiger partial charge is 0.418 e. The van der Waals surface area contributed by atoms with Crippen LogP contribution in [0.2, 0.25) is 0 Å². The minimum atomic E-state index is -1.01. The highest BCUT2D eigenvalue weighted by Crippen LogP contribution is 2.30. The first-order chi connectivity index (χ1) is 7.16. The van der Waals surface area contributed by atoms with Crippen LogP contribution in [-0.2, 0) is 0 Å². The Hall–Kier alpha value is -1.75. The van der Waals surface area contributed by atoms with Gasteiger partial charge in [0.2, 0.25) is 10.5 Å². The van der Waals surface area contributed by atoms with E-state index in [1.807, 2.05) is 25.1 Å². The molecule has 1 heterocycles. The lowest BCUT2D eigenvalue weighted by molar-refractivity contribution is 0.196. The molecule has 0 radical (unpaired) electrons. The number of hydrogen-bond acceptors (Lipinski definition) is 2. The van der Waals surface area contributed by atoms with Gasteiger partial charge in [0.15, 0.2) is 5.88 Å². The van der Waals surface area contributed by atoms with E-state index < -0.39 is 6.09 Å². The fourth-order valence-electron chi connectivity index (χ4n) is 1.81. The van der Waals surface area contributed by atoms with Crippen molar-refractivity contribution >= 4 is 27.5 Å². The van der Waals surface area contributed by atoms with Crippen LogP contribution < -0.4 is 4.43 Å². The Morgan fingerprint density at radius 2 is 2.13 bits per heavy atom. The number of aryl methyl sites for hydroxylation is 1. The third-order valence-corrected chi connectivity index (χ3v) is 2.84. The van der Waals surface area contributed by atoms with Crippen LogP contribution in [-0.4, -0.2) is 26.3 Å². The van der Waals surface area contributed by atoms with Crippen molar-refractivity contribution < 1.29 is 14.3 Å². The van der Waals surface area contributed by atoms with Crippen LogP contribution in [0.25, 0.3) is 10.9 Å². The summed E-state index contributed by atoms with van der Waals surface area (Å²) in [6, 6.07) is 7.38. The number of hydrogen-bond donors (Lipinski definition) is 1. The highest BCUT2D eigenvalue weighted by atomic mass is 28.2. The molecule has 0 spiro atoms. The van der Waals surface area contributed by atoms with E-state index in [2.05, 4.69) is 0 Å². The molecule has 0 atom stereocenters. The topological polar surface area (TPSA) is 51.5 Å². The van der Waals surface area contributed by atoms with E-state index >= 15 is 0 Å². The van der Waals surface area contributed by atoms with Crippen LogP contribution in [0.3, 0.4) is 0 Å². The number of benzene rings is 1. The van der Waals surface area contributed by atoms with E-state index in [0.29, 0.717) is 21.9 Å². The largest absolute Gasteiger partial charge is 0.541 e. The van der Waals surface area contributed by atoms with Gasteiger partial charge in [0.25, 0.3) is 0 Å². The van der Waals surface area contributed by atoms with E-state index in [-0.39, 0.29) is 0 Å². The zero-order valence-corrected chi connectivity index (χ0v) is 10.5. The fourth-order valence-corrected chi connectivity index (χ4v) is 2.30. The Balaban J connectivity index is 2.91. The van der Waals surface area contributed by atoms with Crippen LogP contribution >= 0.6 is 0 Å². The molecule has 0 aliphatic rings. The number of nitrogens with zero attached hydrogens (tertiary/aromatic N) is 1. The molecule has 0 unspecified atom stereocenters. The Morgan fingerprint density at radius 1 is 1.47 bits per heavy atom. The van der Waals surface area contributed by atoms with Crippen LogP contribution in [0.4, 0.5) is 4.79 Å². The molecule has 4 nitrogen and oxygen atoms in total. The first kappa shape index (κ1) is 9.79. The van der Waals surface area contributed by atoms with Crippen molar-refractivity contribution in [2.75, 3.05) is 0 Å².